The van der Waals surface area contributed by atoms with Crippen molar-refractivity contribution in [1.29, 1.82) is 0 Å². The molecule has 1 N–H and O–H groups in total. The number of amides is 1. The monoisotopic (exact) mass is 121 g/mol. The first-order valence-electron chi connectivity index (χ1n) is 2.04. The Bertz CT molecular complexity index is 72.1. The molecule has 0 saturated carbocycles. The molecule has 0 aromatic carbocycles. The average molecular weight is 122 g/mol. The molecule has 1 amide bonds. The lowest BCUT2D eigenvalue weighted by Crippen LogP contribution is -2.25. The van der Waals surface area contributed by atoms with E-state index in [2.05, 4.69) is 5.32 Å². The van der Waals surface area contributed by atoms with Gasteiger partial charge in [0.2, 0.25) is 5.91 Å². The first-order valence-corrected chi connectivity index (χ1v) is 2.47. The van der Waals surface area contributed by atoms with Crippen LogP contribution in [0.5, 0.6) is 0 Å². The van der Waals surface area contributed by atoms with E-state index in [-0.39, 0.29) is 5.91 Å². The first-order chi connectivity index (χ1) is 3.18. The summed E-state index contributed by atoms with van der Waals surface area (Å²) in [6.07, 6.45) is 0. The number of carbonyl (C=O) groups excluding carboxylic acids is 1. The third kappa shape index (κ3) is 2.45. The fourth-order valence-electron chi connectivity index (χ4n) is 0.199. The lowest BCUT2D eigenvalue weighted by Gasteiger charge is -1.96. The largest absolute Gasteiger partial charge is 0.358 e. The van der Waals surface area contributed by atoms with E-state index in [1.54, 1.807) is 14.0 Å². The van der Waals surface area contributed by atoms with Crippen molar-refractivity contribution in [1.82, 2.24) is 5.32 Å². The molecule has 0 aromatic rings. The second-order valence-corrected chi connectivity index (χ2v) is 1.88. The van der Waals surface area contributed by atoms with Gasteiger partial charge in [0.1, 0.15) is 5.38 Å². The van der Waals surface area contributed by atoms with Crippen LogP contribution in [0.15, 0.2) is 0 Å². The Hall–Kier alpha value is -0.240. The first kappa shape index (κ1) is 6.76. The standard InChI is InChI=1S/C4H8ClNO/c1-3(5)4(7)6-2/h3H,1-2H3,(H,6,7)/t3-/m0/s1. The Morgan fingerprint density at radius 1 is 1.86 bits per heavy atom. The van der Waals surface area contributed by atoms with Gasteiger partial charge in [0.25, 0.3) is 0 Å². The molecule has 0 bridgehead atoms. The molecule has 7 heavy (non-hydrogen) atoms. The Morgan fingerprint density at radius 2 is 2.29 bits per heavy atom. The molecule has 0 unspecified atom stereocenters. The fraction of sp³-hybridized carbons (Fsp3) is 0.750. The summed E-state index contributed by atoms with van der Waals surface area (Å²) < 4.78 is 0. The van der Waals surface area contributed by atoms with Crippen molar-refractivity contribution >= 4 is 17.5 Å². The Kier molecular flexibility index (Phi) is 2.76. The third-order valence-corrected chi connectivity index (χ3v) is 0.806. The molecule has 0 fully saturated rings. The van der Waals surface area contributed by atoms with E-state index in [0.717, 1.165) is 0 Å². The molecular formula is C4H8ClNO. The summed E-state index contributed by atoms with van der Waals surface area (Å²) in [5, 5.41) is 1.98. The van der Waals surface area contributed by atoms with Crippen molar-refractivity contribution in [3.05, 3.63) is 0 Å². The highest BCUT2D eigenvalue weighted by Gasteiger charge is 2.03. The number of hydrogen-bond acceptors (Lipinski definition) is 1. The average Bonchev–Trinajstić information content (AvgIpc) is 1.65. The lowest BCUT2D eigenvalue weighted by atomic mass is 10.4. The smallest absolute Gasteiger partial charge is 0.237 e. The highest BCUT2D eigenvalue weighted by Crippen LogP contribution is 1.89. The minimum Gasteiger partial charge on any atom is -0.358 e. The molecule has 0 radical (unpaired) electrons. The molecule has 0 spiro atoms. The summed E-state index contributed by atoms with van der Waals surface area (Å²) in [5.74, 6) is -0.137. The number of carbonyl (C=O) groups is 1. The van der Waals surface area contributed by atoms with Crippen molar-refractivity contribution in [2.24, 2.45) is 0 Å². The van der Waals surface area contributed by atoms with Crippen molar-refractivity contribution in [2.75, 3.05) is 7.05 Å². The van der Waals surface area contributed by atoms with Gasteiger partial charge in [0.05, 0.1) is 0 Å². The molecule has 0 aromatic heterocycles. The van der Waals surface area contributed by atoms with Crippen LogP contribution in [0, 0.1) is 0 Å². The maximum Gasteiger partial charge on any atom is 0.237 e. The number of nitrogens with one attached hydrogen (secondary N) is 1. The van der Waals surface area contributed by atoms with Gasteiger partial charge in [0.15, 0.2) is 0 Å². The van der Waals surface area contributed by atoms with Crippen molar-refractivity contribution < 1.29 is 4.79 Å². The normalized spacial score (nSPS) is 13.0. The predicted octanol–water partition coefficient (Wildman–Crippen LogP) is 0.360. The molecule has 0 heterocycles. The van der Waals surface area contributed by atoms with E-state index in [1.165, 1.54) is 0 Å². The highest BCUT2D eigenvalue weighted by atomic mass is 35.5. The Balaban J connectivity index is 3.35. The van der Waals surface area contributed by atoms with Crippen LogP contribution in [0.3, 0.4) is 0 Å². The molecule has 1 atom stereocenters. The van der Waals surface area contributed by atoms with Crippen LogP contribution in [0.1, 0.15) is 6.92 Å². The van der Waals surface area contributed by atoms with Crippen molar-refractivity contribution in [3.8, 4) is 0 Å². The highest BCUT2D eigenvalue weighted by molar-refractivity contribution is 6.30. The van der Waals surface area contributed by atoms with Crippen LogP contribution in [0.4, 0.5) is 0 Å². The summed E-state index contributed by atoms with van der Waals surface area (Å²) in [6, 6.07) is 0. The molecule has 0 saturated heterocycles. The Labute approximate surface area is 47.8 Å². The molecule has 0 aliphatic rings. The molecule has 42 valence electrons. The maximum atomic E-state index is 10.3. The summed E-state index contributed by atoms with van der Waals surface area (Å²) in [4.78, 5) is 10.3. The van der Waals surface area contributed by atoms with Crippen LogP contribution >= 0.6 is 11.6 Å². The van der Waals surface area contributed by atoms with Gasteiger partial charge in [0, 0.05) is 7.05 Å². The zero-order valence-electron chi connectivity index (χ0n) is 4.36. The zero-order chi connectivity index (χ0) is 5.86. The second-order valence-electron chi connectivity index (χ2n) is 1.23. The van der Waals surface area contributed by atoms with Gasteiger partial charge in [-0.25, -0.2) is 0 Å². The van der Waals surface area contributed by atoms with Crippen LogP contribution in [0.25, 0.3) is 0 Å². The van der Waals surface area contributed by atoms with Crippen LogP contribution in [-0.4, -0.2) is 18.3 Å². The number of rotatable bonds is 1. The van der Waals surface area contributed by atoms with Gasteiger partial charge < -0.3 is 5.32 Å². The van der Waals surface area contributed by atoms with Gasteiger partial charge in [-0.3, -0.25) is 4.79 Å². The van der Waals surface area contributed by atoms with Crippen LogP contribution in [0.2, 0.25) is 0 Å². The van der Waals surface area contributed by atoms with Crippen LogP contribution in [-0.2, 0) is 4.79 Å². The van der Waals surface area contributed by atoms with Gasteiger partial charge in [-0.05, 0) is 6.92 Å². The Morgan fingerprint density at radius 3 is 2.29 bits per heavy atom. The molecule has 2 nitrogen and oxygen atoms in total. The van der Waals surface area contributed by atoms with E-state index < -0.39 is 5.38 Å². The topological polar surface area (TPSA) is 29.1 Å². The van der Waals surface area contributed by atoms with E-state index >= 15 is 0 Å². The minimum atomic E-state index is -0.412. The minimum absolute atomic E-state index is 0.137. The van der Waals surface area contributed by atoms with Crippen LogP contribution < -0.4 is 5.32 Å². The SMILES string of the molecule is CNC(=O)[C@H](C)Cl. The summed E-state index contributed by atoms with van der Waals surface area (Å²) in [7, 11) is 1.56. The summed E-state index contributed by atoms with van der Waals surface area (Å²) in [5.41, 5.74) is 0. The van der Waals surface area contributed by atoms with E-state index in [9.17, 15) is 4.79 Å². The van der Waals surface area contributed by atoms with E-state index in [4.69, 9.17) is 11.6 Å². The van der Waals surface area contributed by atoms with Gasteiger partial charge in [-0.1, -0.05) is 0 Å². The zero-order valence-corrected chi connectivity index (χ0v) is 5.12. The molecular weight excluding hydrogens is 114 g/mol. The third-order valence-electron chi connectivity index (χ3n) is 0.608. The number of alkyl halides is 1. The maximum absolute atomic E-state index is 10.3. The number of halogens is 1. The van der Waals surface area contributed by atoms with E-state index in [1.807, 2.05) is 0 Å². The van der Waals surface area contributed by atoms with Crippen molar-refractivity contribution in [2.45, 2.75) is 12.3 Å². The summed E-state index contributed by atoms with van der Waals surface area (Å²) >= 11 is 5.32. The molecule has 0 aliphatic carbocycles. The van der Waals surface area contributed by atoms with Crippen molar-refractivity contribution in [3.63, 3.8) is 0 Å². The van der Waals surface area contributed by atoms with Gasteiger partial charge in [-0.2, -0.15) is 0 Å². The number of hydrogen-bond donors (Lipinski definition) is 1. The lowest BCUT2D eigenvalue weighted by molar-refractivity contribution is -0.119. The van der Waals surface area contributed by atoms with Gasteiger partial charge >= 0.3 is 0 Å². The predicted molar refractivity (Wildman–Crippen MR) is 29.4 cm³/mol. The molecule has 0 aliphatic heterocycles. The second kappa shape index (κ2) is 2.86. The molecule has 3 heteroatoms. The molecule has 0 rings (SSSR count). The fourth-order valence-corrected chi connectivity index (χ4v) is 0.308. The summed E-state index contributed by atoms with van der Waals surface area (Å²) in [6.45, 7) is 1.63. The quantitative estimate of drug-likeness (QED) is 0.499. The van der Waals surface area contributed by atoms with Gasteiger partial charge in [-0.15, -0.1) is 11.6 Å². The van der Waals surface area contributed by atoms with E-state index in [0.29, 0.717) is 0 Å².